The zero-order valence-electron chi connectivity index (χ0n) is 10.7. The SMILES string of the molecule is Cc1cc(Br)cc(/C=N/NC(=O)c2cccnc2)c1O. The van der Waals surface area contributed by atoms with Gasteiger partial charge >= 0.3 is 0 Å². The van der Waals surface area contributed by atoms with Gasteiger partial charge in [-0.3, -0.25) is 9.78 Å². The monoisotopic (exact) mass is 333 g/mol. The molecule has 0 saturated carbocycles. The van der Waals surface area contributed by atoms with Gasteiger partial charge in [0.2, 0.25) is 0 Å². The minimum absolute atomic E-state index is 0.132. The van der Waals surface area contributed by atoms with Gasteiger partial charge in [-0.15, -0.1) is 0 Å². The molecule has 5 nitrogen and oxygen atoms in total. The van der Waals surface area contributed by atoms with Gasteiger partial charge in [-0.25, -0.2) is 5.43 Å². The van der Waals surface area contributed by atoms with E-state index in [2.05, 4.69) is 31.4 Å². The lowest BCUT2D eigenvalue weighted by molar-refractivity contribution is 0.0954. The Bertz CT molecular complexity index is 657. The van der Waals surface area contributed by atoms with E-state index in [4.69, 9.17) is 0 Å². The van der Waals surface area contributed by atoms with Crippen LogP contribution in [-0.4, -0.2) is 22.2 Å². The van der Waals surface area contributed by atoms with E-state index in [0.717, 1.165) is 10.0 Å². The number of nitrogens with zero attached hydrogens (tertiary/aromatic N) is 2. The molecule has 0 saturated heterocycles. The van der Waals surface area contributed by atoms with Crippen LogP contribution in [0.15, 0.2) is 46.2 Å². The molecule has 0 spiro atoms. The minimum atomic E-state index is -0.361. The first kappa shape index (κ1) is 14.2. The average molecular weight is 334 g/mol. The summed E-state index contributed by atoms with van der Waals surface area (Å²) in [5.74, 6) is -0.229. The predicted molar refractivity (Wildman–Crippen MR) is 79.8 cm³/mol. The molecule has 0 aliphatic carbocycles. The van der Waals surface area contributed by atoms with Gasteiger partial charge in [0.1, 0.15) is 5.75 Å². The fraction of sp³-hybridized carbons (Fsp3) is 0.0714. The smallest absolute Gasteiger partial charge is 0.272 e. The molecule has 102 valence electrons. The van der Waals surface area contributed by atoms with Gasteiger partial charge < -0.3 is 5.11 Å². The van der Waals surface area contributed by atoms with Crippen molar-refractivity contribution in [3.8, 4) is 5.75 Å². The molecule has 0 aliphatic heterocycles. The third-order valence-corrected chi connectivity index (χ3v) is 3.05. The summed E-state index contributed by atoms with van der Waals surface area (Å²) >= 11 is 3.34. The minimum Gasteiger partial charge on any atom is -0.507 e. The number of aromatic nitrogens is 1. The van der Waals surface area contributed by atoms with Crippen LogP contribution in [0, 0.1) is 6.92 Å². The first-order valence-corrected chi connectivity index (χ1v) is 6.60. The molecule has 1 aromatic heterocycles. The van der Waals surface area contributed by atoms with Gasteiger partial charge in [-0.05, 0) is 36.8 Å². The van der Waals surface area contributed by atoms with Crippen LogP contribution < -0.4 is 5.43 Å². The Morgan fingerprint density at radius 1 is 1.50 bits per heavy atom. The van der Waals surface area contributed by atoms with Crippen molar-refractivity contribution in [2.75, 3.05) is 0 Å². The van der Waals surface area contributed by atoms with Crippen molar-refractivity contribution in [2.24, 2.45) is 5.10 Å². The highest BCUT2D eigenvalue weighted by molar-refractivity contribution is 9.10. The zero-order valence-corrected chi connectivity index (χ0v) is 12.3. The van der Waals surface area contributed by atoms with Crippen molar-refractivity contribution in [3.05, 3.63) is 57.8 Å². The molecule has 0 atom stereocenters. The van der Waals surface area contributed by atoms with E-state index in [1.165, 1.54) is 12.4 Å². The number of aromatic hydroxyl groups is 1. The molecular formula is C14H12BrN3O2. The van der Waals surface area contributed by atoms with E-state index >= 15 is 0 Å². The number of aryl methyl sites for hydroxylation is 1. The van der Waals surface area contributed by atoms with E-state index in [1.54, 1.807) is 37.4 Å². The van der Waals surface area contributed by atoms with Gasteiger partial charge in [0, 0.05) is 22.4 Å². The second-order valence-corrected chi connectivity index (χ2v) is 5.02. The average Bonchev–Trinajstić information content (AvgIpc) is 2.44. The van der Waals surface area contributed by atoms with Gasteiger partial charge in [-0.2, -0.15) is 5.10 Å². The van der Waals surface area contributed by atoms with Crippen LogP contribution in [0.3, 0.4) is 0 Å². The van der Waals surface area contributed by atoms with Crippen molar-refractivity contribution in [3.63, 3.8) is 0 Å². The van der Waals surface area contributed by atoms with E-state index < -0.39 is 0 Å². The van der Waals surface area contributed by atoms with Crippen molar-refractivity contribution in [1.82, 2.24) is 10.4 Å². The number of carbonyl (C=O) groups excluding carboxylic acids is 1. The lowest BCUT2D eigenvalue weighted by Gasteiger charge is -2.04. The normalized spacial score (nSPS) is 10.7. The second-order valence-electron chi connectivity index (χ2n) is 4.10. The highest BCUT2D eigenvalue weighted by atomic mass is 79.9. The van der Waals surface area contributed by atoms with Gasteiger partial charge in [-0.1, -0.05) is 15.9 Å². The number of rotatable bonds is 3. The number of halogens is 1. The molecule has 0 bridgehead atoms. The van der Waals surface area contributed by atoms with Gasteiger partial charge in [0.05, 0.1) is 11.8 Å². The molecule has 0 fully saturated rings. The van der Waals surface area contributed by atoms with Gasteiger partial charge in [0.15, 0.2) is 0 Å². The summed E-state index contributed by atoms with van der Waals surface area (Å²) in [7, 11) is 0. The number of phenols is 1. The lowest BCUT2D eigenvalue weighted by atomic mass is 10.1. The Morgan fingerprint density at radius 3 is 3.00 bits per heavy atom. The fourth-order valence-corrected chi connectivity index (χ4v) is 2.17. The van der Waals surface area contributed by atoms with E-state index in [-0.39, 0.29) is 11.7 Å². The van der Waals surface area contributed by atoms with Crippen LogP contribution in [-0.2, 0) is 0 Å². The Balaban J connectivity index is 2.10. The molecule has 2 rings (SSSR count). The highest BCUT2D eigenvalue weighted by Gasteiger charge is 2.05. The Morgan fingerprint density at radius 2 is 2.30 bits per heavy atom. The highest BCUT2D eigenvalue weighted by Crippen LogP contribution is 2.25. The second kappa shape index (κ2) is 6.29. The number of hydrazone groups is 1. The first-order valence-electron chi connectivity index (χ1n) is 5.80. The van der Waals surface area contributed by atoms with Crippen LogP contribution in [0.25, 0.3) is 0 Å². The predicted octanol–water partition coefficient (Wildman–Crippen LogP) is 2.62. The summed E-state index contributed by atoms with van der Waals surface area (Å²) in [6.07, 6.45) is 4.43. The quantitative estimate of drug-likeness (QED) is 0.669. The van der Waals surface area contributed by atoms with Crippen LogP contribution in [0.1, 0.15) is 21.5 Å². The molecular weight excluding hydrogens is 322 g/mol. The summed E-state index contributed by atoms with van der Waals surface area (Å²) in [5.41, 5.74) is 4.03. The molecule has 2 aromatic rings. The standard InChI is InChI=1S/C14H12BrN3O2/c1-9-5-12(15)6-11(13(9)19)8-17-18-14(20)10-3-2-4-16-7-10/h2-8,19H,1H3,(H,18,20)/b17-8+. The van der Waals surface area contributed by atoms with Crippen LogP contribution in [0.2, 0.25) is 0 Å². The van der Waals surface area contributed by atoms with Crippen molar-refractivity contribution in [2.45, 2.75) is 6.92 Å². The summed E-state index contributed by atoms with van der Waals surface area (Å²) in [6.45, 7) is 1.78. The summed E-state index contributed by atoms with van der Waals surface area (Å²) in [6, 6.07) is 6.81. The maximum atomic E-state index is 11.7. The van der Waals surface area contributed by atoms with Crippen LogP contribution in [0.4, 0.5) is 0 Å². The number of hydrogen-bond donors (Lipinski definition) is 2. The molecule has 0 aliphatic rings. The van der Waals surface area contributed by atoms with Crippen molar-refractivity contribution < 1.29 is 9.90 Å². The Hall–Kier alpha value is -2.21. The first-order chi connectivity index (χ1) is 9.58. The summed E-state index contributed by atoms with van der Waals surface area (Å²) in [5, 5.41) is 13.7. The number of nitrogens with one attached hydrogen (secondary N) is 1. The number of benzene rings is 1. The maximum absolute atomic E-state index is 11.7. The molecule has 20 heavy (non-hydrogen) atoms. The third kappa shape index (κ3) is 3.42. The number of carbonyl (C=O) groups is 1. The Labute approximate surface area is 124 Å². The maximum Gasteiger partial charge on any atom is 0.272 e. The molecule has 0 radical (unpaired) electrons. The zero-order chi connectivity index (χ0) is 14.5. The Kier molecular flexibility index (Phi) is 4.47. The summed E-state index contributed by atoms with van der Waals surface area (Å²) in [4.78, 5) is 15.6. The molecule has 6 heteroatoms. The van der Waals surface area contributed by atoms with E-state index in [1.807, 2.05) is 0 Å². The number of amides is 1. The number of pyridine rings is 1. The molecule has 0 unspecified atom stereocenters. The molecule has 2 N–H and O–H groups in total. The van der Waals surface area contributed by atoms with E-state index in [0.29, 0.717) is 11.1 Å². The van der Waals surface area contributed by atoms with Crippen molar-refractivity contribution in [1.29, 1.82) is 0 Å². The number of phenolic OH excluding ortho intramolecular Hbond substituents is 1. The van der Waals surface area contributed by atoms with E-state index in [9.17, 15) is 9.90 Å². The van der Waals surface area contributed by atoms with Crippen molar-refractivity contribution >= 4 is 28.1 Å². The van der Waals surface area contributed by atoms with Crippen LogP contribution >= 0.6 is 15.9 Å². The topological polar surface area (TPSA) is 74.6 Å². The van der Waals surface area contributed by atoms with Gasteiger partial charge in [0.25, 0.3) is 5.91 Å². The largest absolute Gasteiger partial charge is 0.507 e. The van der Waals surface area contributed by atoms with Crippen LogP contribution in [0.5, 0.6) is 5.75 Å². The third-order valence-electron chi connectivity index (χ3n) is 2.59. The number of hydrogen-bond acceptors (Lipinski definition) is 4. The summed E-state index contributed by atoms with van der Waals surface area (Å²) < 4.78 is 0.827. The molecule has 1 amide bonds. The molecule has 1 heterocycles. The lowest BCUT2D eigenvalue weighted by Crippen LogP contribution is -2.17. The fourth-order valence-electron chi connectivity index (χ4n) is 1.58. The molecule has 1 aromatic carbocycles.